The summed E-state index contributed by atoms with van der Waals surface area (Å²) >= 11 is 1.34. The van der Waals surface area contributed by atoms with Gasteiger partial charge in [0.25, 0.3) is 10.0 Å². The molecule has 1 saturated carbocycles. The van der Waals surface area contributed by atoms with Crippen molar-refractivity contribution >= 4 is 21.4 Å². The standard InChI is InChI=1S/C18H22F2N2O2S2/c1-11-16(18(2,3)4)25-17(22(11)10-12-5-6-12)21-26(23,24)13-7-8-14(19)15(20)9-13/h7-9,12H,5-6,10H2,1-4H3. The van der Waals surface area contributed by atoms with Crippen LogP contribution in [-0.2, 0) is 22.0 Å². The highest BCUT2D eigenvalue weighted by atomic mass is 32.2. The summed E-state index contributed by atoms with van der Waals surface area (Å²) in [7, 11) is -4.13. The Morgan fingerprint density at radius 2 is 1.88 bits per heavy atom. The summed E-state index contributed by atoms with van der Waals surface area (Å²) in [6.07, 6.45) is 2.25. The van der Waals surface area contributed by atoms with Crippen molar-refractivity contribution in [3.05, 3.63) is 45.2 Å². The average molecular weight is 401 g/mol. The lowest BCUT2D eigenvalue weighted by Crippen LogP contribution is -2.20. The average Bonchev–Trinajstić information content (AvgIpc) is 3.28. The lowest BCUT2D eigenvalue weighted by atomic mass is 9.93. The molecule has 0 aliphatic heterocycles. The van der Waals surface area contributed by atoms with Crippen molar-refractivity contribution < 1.29 is 17.2 Å². The van der Waals surface area contributed by atoms with Gasteiger partial charge in [-0.15, -0.1) is 15.7 Å². The van der Waals surface area contributed by atoms with Gasteiger partial charge in [0.05, 0.1) is 4.90 Å². The fourth-order valence-electron chi connectivity index (χ4n) is 2.82. The van der Waals surface area contributed by atoms with E-state index in [4.69, 9.17) is 0 Å². The smallest absolute Gasteiger partial charge is 0.285 e. The Kier molecular flexibility index (Phi) is 4.85. The van der Waals surface area contributed by atoms with Crippen molar-refractivity contribution in [2.45, 2.75) is 57.4 Å². The molecule has 4 nitrogen and oxygen atoms in total. The second-order valence-electron chi connectivity index (χ2n) is 7.75. The summed E-state index contributed by atoms with van der Waals surface area (Å²) in [6.45, 7) is 8.91. The Morgan fingerprint density at radius 3 is 2.42 bits per heavy atom. The maximum atomic E-state index is 13.4. The van der Waals surface area contributed by atoms with Crippen LogP contribution in [0.15, 0.2) is 27.5 Å². The fourth-order valence-corrected chi connectivity index (χ4v) is 5.23. The fraction of sp³-hybridized carbons (Fsp3) is 0.500. The van der Waals surface area contributed by atoms with Crippen LogP contribution in [0.2, 0.25) is 0 Å². The first kappa shape index (κ1) is 19.2. The van der Waals surface area contributed by atoms with Gasteiger partial charge in [0.1, 0.15) is 0 Å². The minimum atomic E-state index is -4.13. The lowest BCUT2D eigenvalue weighted by Gasteiger charge is -2.17. The summed E-state index contributed by atoms with van der Waals surface area (Å²) in [5.74, 6) is -1.75. The Morgan fingerprint density at radius 1 is 1.23 bits per heavy atom. The molecule has 1 aliphatic rings. The highest BCUT2D eigenvalue weighted by molar-refractivity contribution is 7.90. The molecule has 8 heteroatoms. The molecular weight excluding hydrogens is 378 g/mol. The topological polar surface area (TPSA) is 51.4 Å². The summed E-state index contributed by atoms with van der Waals surface area (Å²) < 4.78 is 57.7. The van der Waals surface area contributed by atoms with Crippen LogP contribution in [0.5, 0.6) is 0 Å². The number of thiazole rings is 1. The molecule has 142 valence electrons. The molecule has 0 atom stereocenters. The molecule has 1 fully saturated rings. The normalized spacial score (nSPS) is 16.3. The quantitative estimate of drug-likeness (QED) is 0.775. The molecule has 0 radical (unpaired) electrons. The second-order valence-corrected chi connectivity index (χ2v) is 10.3. The summed E-state index contributed by atoms with van der Waals surface area (Å²) in [5, 5.41) is 0. The molecule has 0 spiro atoms. The van der Waals surface area contributed by atoms with Crippen molar-refractivity contribution in [1.82, 2.24) is 4.57 Å². The third-order valence-corrected chi connectivity index (χ3v) is 7.35. The minimum Gasteiger partial charge on any atom is -0.320 e. The van der Waals surface area contributed by atoms with Crippen LogP contribution in [-0.4, -0.2) is 13.0 Å². The van der Waals surface area contributed by atoms with E-state index in [1.54, 1.807) is 0 Å². The van der Waals surface area contributed by atoms with Crippen LogP contribution in [0.25, 0.3) is 0 Å². The van der Waals surface area contributed by atoms with E-state index in [0.717, 1.165) is 42.1 Å². The molecule has 2 aromatic rings. The predicted molar refractivity (Wildman–Crippen MR) is 97.6 cm³/mol. The summed E-state index contributed by atoms with van der Waals surface area (Å²) in [6, 6.07) is 2.51. The Hall–Kier alpha value is -1.54. The molecule has 0 saturated heterocycles. The van der Waals surface area contributed by atoms with E-state index in [2.05, 4.69) is 25.2 Å². The molecule has 1 aliphatic carbocycles. The Balaban J connectivity index is 2.15. The lowest BCUT2D eigenvalue weighted by molar-refractivity contribution is 0.504. The summed E-state index contributed by atoms with van der Waals surface area (Å²) in [5.41, 5.74) is 0.869. The first-order valence-corrected chi connectivity index (χ1v) is 10.7. The number of rotatable bonds is 4. The van der Waals surface area contributed by atoms with Crippen LogP contribution in [0.1, 0.15) is 44.2 Å². The number of sulfonamides is 1. The van der Waals surface area contributed by atoms with Gasteiger partial charge in [0, 0.05) is 17.1 Å². The molecule has 3 rings (SSSR count). The zero-order chi connectivity index (χ0) is 19.3. The van der Waals surface area contributed by atoms with E-state index in [1.165, 1.54) is 11.3 Å². The van der Waals surface area contributed by atoms with Gasteiger partial charge in [0.15, 0.2) is 11.6 Å². The second kappa shape index (κ2) is 6.56. The van der Waals surface area contributed by atoms with Crippen molar-refractivity contribution in [3.63, 3.8) is 0 Å². The molecule has 1 heterocycles. The maximum Gasteiger partial charge on any atom is 0.285 e. The number of hydrogen-bond donors (Lipinski definition) is 0. The van der Waals surface area contributed by atoms with Crippen LogP contribution >= 0.6 is 11.3 Å². The van der Waals surface area contributed by atoms with E-state index in [0.29, 0.717) is 16.8 Å². The number of nitrogens with zero attached hydrogens (tertiary/aromatic N) is 2. The van der Waals surface area contributed by atoms with Crippen LogP contribution < -0.4 is 4.80 Å². The molecule has 0 N–H and O–H groups in total. The van der Waals surface area contributed by atoms with E-state index in [9.17, 15) is 17.2 Å². The predicted octanol–water partition coefficient (Wildman–Crippen LogP) is 4.13. The van der Waals surface area contributed by atoms with Gasteiger partial charge in [-0.05, 0) is 49.3 Å². The number of hydrogen-bond acceptors (Lipinski definition) is 3. The molecule has 0 bridgehead atoms. The molecule has 26 heavy (non-hydrogen) atoms. The Bertz CT molecular complexity index is 1010. The van der Waals surface area contributed by atoms with E-state index >= 15 is 0 Å². The first-order valence-electron chi connectivity index (χ1n) is 8.46. The monoisotopic (exact) mass is 400 g/mol. The van der Waals surface area contributed by atoms with Crippen molar-refractivity contribution in [2.75, 3.05) is 0 Å². The van der Waals surface area contributed by atoms with Gasteiger partial charge in [-0.25, -0.2) is 8.78 Å². The van der Waals surface area contributed by atoms with Gasteiger partial charge in [-0.1, -0.05) is 20.8 Å². The zero-order valence-corrected chi connectivity index (χ0v) is 16.8. The van der Waals surface area contributed by atoms with Gasteiger partial charge < -0.3 is 4.57 Å². The third kappa shape index (κ3) is 3.91. The highest BCUT2D eigenvalue weighted by Crippen LogP contribution is 2.33. The van der Waals surface area contributed by atoms with Crippen molar-refractivity contribution in [3.8, 4) is 0 Å². The largest absolute Gasteiger partial charge is 0.320 e. The van der Waals surface area contributed by atoms with Crippen LogP contribution in [0.4, 0.5) is 8.78 Å². The van der Waals surface area contributed by atoms with Crippen molar-refractivity contribution in [1.29, 1.82) is 0 Å². The van der Waals surface area contributed by atoms with Crippen LogP contribution in [0.3, 0.4) is 0 Å². The zero-order valence-electron chi connectivity index (χ0n) is 15.2. The number of benzene rings is 1. The summed E-state index contributed by atoms with van der Waals surface area (Å²) in [4.78, 5) is 1.10. The van der Waals surface area contributed by atoms with Gasteiger partial charge in [-0.3, -0.25) is 0 Å². The van der Waals surface area contributed by atoms with E-state index < -0.39 is 21.7 Å². The highest BCUT2D eigenvalue weighted by Gasteiger charge is 2.27. The molecule has 0 unspecified atom stereocenters. The maximum absolute atomic E-state index is 13.4. The van der Waals surface area contributed by atoms with Gasteiger partial charge in [0.2, 0.25) is 4.80 Å². The SMILES string of the molecule is Cc1c(C(C)(C)C)sc(=NS(=O)(=O)c2ccc(F)c(F)c2)n1CC1CC1. The van der Waals surface area contributed by atoms with Crippen molar-refractivity contribution in [2.24, 2.45) is 10.3 Å². The minimum absolute atomic E-state index is 0.139. The van der Waals surface area contributed by atoms with Gasteiger partial charge in [-0.2, -0.15) is 8.42 Å². The Labute approximate surface area is 156 Å². The molecule has 0 amide bonds. The number of aromatic nitrogens is 1. The number of halogens is 2. The molecule has 1 aromatic heterocycles. The van der Waals surface area contributed by atoms with E-state index in [-0.39, 0.29) is 10.3 Å². The van der Waals surface area contributed by atoms with E-state index in [1.807, 2.05) is 11.5 Å². The van der Waals surface area contributed by atoms with Gasteiger partial charge >= 0.3 is 0 Å². The first-order chi connectivity index (χ1) is 12.0. The van der Waals surface area contributed by atoms with Crippen LogP contribution in [0, 0.1) is 24.5 Å². The molecule has 1 aromatic carbocycles. The third-order valence-electron chi connectivity index (χ3n) is 4.36. The molecular formula is C18H22F2N2O2S2.